The zero-order valence-electron chi connectivity index (χ0n) is 8.23. The molecule has 3 heteroatoms. The van der Waals surface area contributed by atoms with Gasteiger partial charge in [-0.15, -0.1) is 0 Å². The Morgan fingerprint density at radius 2 is 1.73 bits per heavy atom. The normalized spacial score (nSPS) is 10.2. The first-order valence-electron chi connectivity index (χ1n) is 4.85. The molecule has 0 atom stereocenters. The summed E-state index contributed by atoms with van der Waals surface area (Å²) in [5.41, 5.74) is 2.14. The molecule has 0 N–H and O–H groups in total. The molecule has 2 aromatic rings. The van der Waals surface area contributed by atoms with E-state index in [4.69, 9.17) is 11.6 Å². The molecule has 0 aliphatic heterocycles. The van der Waals surface area contributed by atoms with Crippen LogP contribution >= 0.6 is 11.6 Å². The number of nitrogens with zero attached hydrogens (tertiary/aromatic N) is 2. The molecule has 0 radical (unpaired) electrons. The first-order valence-corrected chi connectivity index (χ1v) is 5.23. The monoisotopic (exact) mass is 218 g/mol. The van der Waals surface area contributed by atoms with Gasteiger partial charge in [-0.05, 0) is 37.1 Å². The number of rotatable bonds is 3. The van der Waals surface area contributed by atoms with E-state index in [1.165, 1.54) is 0 Å². The molecule has 15 heavy (non-hydrogen) atoms. The molecule has 76 valence electrons. The van der Waals surface area contributed by atoms with Crippen molar-refractivity contribution in [2.45, 2.75) is 12.8 Å². The zero-order valence-corrected chi connectivity index (χ0v) is 8.98. The van der Waals surface area contributed by atoms with Crippen molar-refractivity contribution < 1.29 is 0 Å². The van der Waals surface area contributed by atoms with Gasteiger partial charge in [0.1, 0.15) is 0 Å². The average molecular weight is 219 g/mol. The van der Waals surface area contributed by atoms with Gasteiger partial charge < -0.3 is 0 Å². The number of aromatic nitrogens is 2. The van der Waals surface area contributed by atoms with Crippen molar-refractivity contribution in [2.24, 2.45) is 0 Å². The molecular formula is C12H11ClN2. The molecule has 0 saturated carbocycles. The van der Waals surface area contributed by atoms with Gasteiger partial charge in [0.25, 0.3) is 0 Å². The summed E-state index contributed by atoms with van der Waals surface area (Å²) < 4.78 is 0. The van der Waals surface area contributed by atoms with Gasteiger partial charge >= 0.3 is 0 Å². The van der Waals surface area contributed by atoms with Crippen molar-refractivity contribution in [1.29, 1.82) is 0 Å². The molecule has 2 nitrogen and oxygen atoms in total. The minimum absolute atomic E-state index is 0.677. The molecule has 0 aromatic carbocycles. The largest absolute Gasteiger partial charge is 0.261 e. The van der Waals surface area contributed by atoms with Crippen molar-refractivity contribution in [3.05, 3.63) is 59.1 Å². The summed E-state index contributed by atoms with van der Waals surface area (Å²) in [6.07, 6.45) is 5.30. The summed E-state index contributed by atoms with van der Waals surface area (Å²) in [5, 5.41) is 0.677. The van der Waals surface area contributed by atoms with Crippen LogP contribution in [-0.4, -0.2) is 9.97 Å². The molecule has 0 spiro atoms. The highest BCUT2D eigenvalue weighted by atomic mass is 35.5. The Bertz CT molecular complexity index is 411. The van der Waals surface area contributed by atoms with E-state index in [9.17, 15) is 0 Å². The lowest BCUT2D eigenvalue weighted by molar-refractivity contribution is 0.880. The molecule has 0 aliphatic carbocycles. The van der Waals surface area contributed by atoms with Gasteiger partial charge in [-0.3, -0.25) is 9.97 Å². The third kappa shape index (κ3) is 3.03. The van der Waals surface area contributed by atoms with Crippen LogP contribution in [-0.2, 0) is 12.8 Å². The fourth-order valence-electron chi connectivity index (χ4n) is 1.36. The molecule has 0 saturated heterocycles. The molecule has 0 bridgehead atoms. The summed E-state index contributed by atoms with van der Waals surface area (Å²) in [6, 6.07) is 9.76. The summed E-state index contributed by atoms with van der Waals surface area (Å²) in [4.78, 5) is 8.49. The third-order valence-electron chi connectivity index (χ3n) is 2.15. The highest BCUT2D eigenvalue weighted by Crippen LogP contribution is 2.08. The minimum Gasteiger partial charge on any atom is -0.261 e. The lowest BCUT2D eigenvalue weighted by Gasteiger charge is -2.00. The number of halogens is 1. The van der Waals surface area contributed by atoms with E-state index in [-0.39, 0.29) is 0 Å². The molecule has 0 unspecified atom stereocenters. The van der Waals surface area contributed by atoms with Crippen LogP contribution in [0.25, 0.3) is 0 Å². The molecule has 2 rings (SSSR count). The van der Waals surface area contributed by atoms with Crippen LogP contribution in [0.2, 0.25) is 5.02 Å². The van der Waals surface area contributed by atoms with E-state index in [0.29, 0.717) is 5.02 Å². The Labute approximate surface area is 94.0 Å². The molecule has 0 amide bonds. The van der Waals surface area contributed by atoms with Crippen LogP contribution in [0.5, 0.6) is 0 Å². The van der Waals surface area contributed by atoms with E-state index < -0.39 is 0 Å². The number of hydrogen-bond donors (Lipinski definition) is 0. The Balaban J connectivity index is 1.96. The summed E-state index contributed by atoms with van der Waals surface area (Å²) in [7, 11) is 0. The average Bonchev–Trinajstić information content (AvgIpc) is 2.30. The Morgan fingerprint density at radius 1 is 0.933 bits per heavy atom. The predicted octanol–water partition coefficient (Wildman–Crippen LogP) is 2.92. The van der Waals surface area contributed by atoms with Gasteiger partial charge in [0.2, 0.25) is 0 Å². The lowest BCUT2D eigenvalue weighted by Crippen LogP contribution is -1.95. The molecular weight excluding hydrogens is 208 g/mol. The van der Waals surface area contributed by atoms with Gasteiger partial charge in [-0.1, -0.05) is 17.7 Å². The van der Waals surface area contributed by atoms with Crippen LogP contribution in [0.1, 0.15) is 11.4 Å². The van der Waals surface area contributed by atoms with E-state index in [1.807, 2.05) is 36.5 Å². The summed E-state index contributed by atoms with van der Waals surface area (Å²) >= 11 is 5.75. The molecule has 0 fully saturated rings. The van der Waals surface area contributed by atoms with Crippen LogP contribution in [0.4, 0.5) is 0 Å². The standard InChI is InChI=1S/C12H11ClN2/c13-10-4-5-12(15-9-10)7-6-11-3-1-2-8-14-11/h1-5,8-9H,6-7H2. The van der Waals surface area contributed by atoms with Crippen LogP contribution < -0.4 is 0 Å². The van der Waals surface area contributed by atoms with E-state index >= 15 is 0 Å². The van der Waals surface area contributed by atoms with Gasteiger partial charge in [0.05, 0.1) is 5.02 Å². The predicted molar refractivity (Wildman–Crippen MR) is 60.9 cm³/mol. The maximum Gasteiger partial charge on any atom is 0.0589 e. The molecule has 0 aliphatic rings. The smallest absolute Gasteiger partial charge is 0.0589 e. The topological polar surface area (TPSA) is 25.8 Å². The zero-order chi connectivity index (χ0) is 10.5. The second-order valence-corrected chi connectivity index (χ2v) is 3.73. The summed E-state index contributed by atoms with van der Waals surface area (Å²) in [5.74, 6) is 0. The van der Waals surface area contributed by atoms with Crippen molar-refractivity contribution in [3.8, 4) is 0 Å². The van der Waals surface area contributed by atoms with E-state index in [0.717, 1.165) is 24.2 Å². The fourth-order valence-corrected chi connectivity index (χ4v) is 1.47. The van der Waals surface area contributed by atoms with Gasteiger partial charge in [-0.25, -0.2) is 0 Å². The highest BCUT2D eigenvalue weighted by molar-refractivity contribution is 6.30. The van der Waals surface area contributed by atoms with Crippen LogP contribution in [0.15, 0.2) is 42.7 Å². The molecule has 2 heterocycles. The minimum atomic E-state index is 0.677. The van der Waals surface area contributed by atoms with Crippen molar-refractivity contribution >= 4 is 11.6 Å². The van der Waals surface area contributed by atoms with Gasteiger partial charge in [0.15, 0.2) is 0 Å². The number of hydrogen-bond acceptors (Lipinski definition) is 2. The summed E-state index contributed by atoms with van der Waals surface area (Å²) in [6.45, 7) is 0. The Morgan fingerprint density at radius 3 is 2.33 bits per heavy atom. The lowest BCUT2D eigenvalue weighted by atomic mass is 10.1. The maximum absolute atomic E-state index is 5.75. The Kier molecular flexibility index (Phi) is 3.30. The highest BCUT2D eigenvalue weighted by Gasteiger charge is 1.97. The number of aryl methyl sites for hydroxylation is 2. The first-order chi connectivity index (χ1) is 7.34. The first kappa shape index (κ1) is 10.1. The van der Waals surface area contributed by atoms with Crippen molar-refractivity contribution in [1.82, 2.24) is 9.97 Å². The number of pyridine rings is 2. The molecule has 2 aromatic heterocycles. The third-order valence-corrected chi connectivity index (χ3v) is 2.38. The second kappa shape index (κ2) is 4.89. The van der Waals surface area contributed by atoms with E-state index in [2.05, 4.69) is 9.97 Å². The Hall–Kier alpha value is -1.41. The van der Waals surface area contributed by atoms with Crippen molar-refractivity contribution in [3.63, 3.8) is 0 Å². The quantitative estimate of drug-likeness (QED) is 0.792. The van der Waals surface area contributed by atoms with Gasteiger partial charge in [-0.2, -0.15) is 0 Å². The van der Waals surface area contributed by atoms with E-state index in [1.54, 1.807) is 6.20 Å². The van der Waals surface area contributed by atoms with Gasteiger partial charge in [0, 0.05) is 23.8 Å². The van der Waals surface area contributed by atoms with Crippen molar-refractivity contribution in [2.75, 3.05) is 0 Å². The SMILES string of the molecule is Clc1ccc(CCc2ccccn2)nc1. The fraction of sp³-hybridized carbons (Fsp3) is 0.167. The maximum atomic E-state index is 5.75. The second-order valence-electron chi connectivity index (χ2n) is 3.29. The van der Waals surface area contributed by atoms with Crippen LogP contribution in [0.3, 0.4) is 0 Å². The van der Waals surface area contributed by atoms with Crippen LogP contribution in [0, 0.1) is 0 Å².